The summed E-state index contributed by atoms with van der Waals surface area (Å²) in [5.74, 6) is -0.153. The van der Waals surface area contributed by atoms with Crippen LogP contribution < -0.4 is 10.2 Å². The number of benzene rings is 3. The van der Waals surface area contributed by atoms with E-state index in [-0.39, 0.29) is 30.3 Å². The quantitative estimate of drug-likeness (QED) is 0.523. The molecule has 2 amide bonds. The van der Waals surface area contributed by atoms with E-state index in [4.69, 9.17) is 0 Å². The van der Waals surface area contributed by atoms with Gasteiger partial charge in [0.15, 0.2) is 0 Å². The lowest BCUT2D eigenvalue weighted by Crippen LogP contribution is -2.29. The van der Waals surface area contributed by atoms with Crippen LogP contribution in [0, 0.1) is 0 Å². The van der Waals surface area contributed by atoms with E-state index in [9.17, 15) is 9.59 Å². The van der Waals surface area contributed by atoms with Crippen molar-refractivity contribution in [2.45, 2.75) is 26.3 Å². The van der Waals surface area contributed by atoms with Crippen LogP contribution in [0.4, 0.5) is 11.4 Å². The highest BCUT2D eigenvalue weighted by molar-refractivity contribution is 5.99. The fraction of sp³-hybridized carbons (Fsp3) is 0.154. The first-order chi connectivity index (χ1) is 14.5. The Morgan fingerprint density at radius 3 is 2.19 bits per heavy atom. The predicted octanol–water partition coefficient (Wildman–Crippen LogP) is 5.89. The van der Waals surface area contributed by atoms with Crippen LogP contribution in [-0.2, 0) is 16.0 Å². The second-order valence-corrected chi connectivity index (χ2v) is 7.51. The van der Waals surface area contributed by atoms with Gasteiger partial charge < -0.3 is 10.2 Å². The molecule has 0 aromatic heterocycles. The second-order valence-electron chi connectivity index (χ2n) is 7.51. The first-order valence-electron chi connectivity index (χ1n) is 10.1. The van der Waals surface area contributed by atoms with E-state index < -0.39 is 0 Å². The fourth-order valence-electron chi connectivity index (χ4n) is 4.02. The highest BCUT2D eigenvalue weighted by Crippen LogP contribution is 2.43. The molecule has 31 heavy (non-hydrogen) atoms. The number of nitrogens with one attached hydrogen (secondary N) is 1. The zero-order valence-corrected chi connectivity index (χ0v) is 18.4. The number of anilines is 2. The molecule has 1 aliphatic heterocycles. The third kappa shape index (κ3) is 4.86. The Bertz CT molecular complexity index is 1110. The number of fused-ring (bicyclic) bond motifs is 1. The summed E-state index contributed by atoms with van der Waals surface area (Å²) in [6.07, 6.45) is 4.78. The van der Waals surface area contributed by atoms with Crippen LogP contribution in [0.25, 0.3) is 12.2 Å². The molecule has 0 bridgehead atoms. The Kier molecular flexibility index (Phi) is 6.93. The molecule has 3 aromatic rings. The van der Waals surface area contributed by atoms with Gasteiger partial charge in [-0.3, -0.25) is 9.59 Å². The number of amides is 2. The fourth-order valence-corrected chi connectivity index (χ4v) is 4.02. The summed E-state index contributed by atoms with van der Waals surface area (Å²) in [7, 11) is 0. The van der Waals surface area contributed by atoms with Crippen molar-refractivity contribution in [2.24, 2.45) is 0 Å². The summed E-state index contributed by atoms with van der Waals surface area (Å²) < 4.78 is 0. The van der Waals surface area contributed by atoms with Crippen LogP contribution in [0.5, 0.6) is 0 Å². The Labute approximate surface area is 189 Å². The molecule has 5 heteroatoms. The van der Waals surface area contributed by atoms with Crippen LogP contribution in [0.2, 0.25) is 0 Å². The van der Waals surface area contributed by atoms with Gasteiger partial charge in [0.2, 0.25) is 11.8 Å². The molecule has 1 unspecified atom stereocenters. The molecule has 4 nitrogen and oxygen atoms in total. The largest absolute Gasteiger partial charge is 0.326 e. The average molecular weight is 433 g/mol. The molecule has 1 heterocycles. The Hall–Kier alpha value is -3.37. The summed E-state index contributed by atoms with van der Waals surface area (Å²) in [6, 6.07) is 24.1. The molecular weight excluding hydrogens is 408 g/mol. The zero-order chi connectivity index (χ0) is 21.1. The third-order valence-electron chi connectivity index (χ3n) is 5.32. The van der Waals surface area contributed by atoms with Crippen LogP contribution in [0.1, 0.15) is 42.1 Å². The number of carbonyl (C=O) groups excluding carboxylic acids is 2. The van der Waals surface area contributed by atoms with Gasteiger partial charge in [0, 0.05) is 19.5 Å². The van der Waals surface area contributed by atoms with Crippen molar-refractivity contribution in [3.8, 4) is 0 Å². The van der Waals surface area contributed by atoms with Gasteiger partial charge >= 0.3 is 0 Å². The van der Waals surface area contributed by atoms with E-state index >= 15 is 0 Å². The maximum Gasteiger partial charge on any atom is 0.224 e. The van der Waals surface area contributed by atoms with E-state index in [1.807, 2.05) is 71.6 Å². The first-order valence-corrected chi connectivity index (χ1v) is 10.1. The lowest BCUT2D eigenvalue weighted by molar-refractivity contribution is -0.117. The predicted molar refractivity (Wildman–Crippen MR) is 129 cm³/mol. The van der Waals surface area contributed by atoms with Gasteiger partial charge in [-0.2, -0.15) is 0 Å². The Morgan fingerprint density at radius 2 is 1.58 bits per heavy atom. The number of rotatable bonds is 4. The molecule has 1 atom stereocenters. The van der Waals surface area contributed by atoms with E-state index in [1.165, 1.54) is 6.92 Å². The summed E-state index contributed by atoms with van der Waals surface area (Å²) >= 11 is 0. The van der Waals surface area contributed by atoms with Gasteiger partial charge in [0.25, 0.3) is 0 Å². The highest BCUT2D eigenvalue weighted by Gasteiger charge is 2.33. The molecule has 0 saturated heterocycles. The molecule has 1 aliphatic rings. The minimum Gasteiger partial charge on any atom is -0.326 e. The van der Waals surface area contributed by atoms with Gasteiger partial charge in [-0.15, -0.1) is 12.4 Å². The summed E-state index contributed by atoms with van der Waals surface area (Å²) in [4.78, 5) is 26.2. The number of carbonyl (C=O) groups is 2. The van der Waals surface area contributed by atoms with Gasteiger partial charge in [-0.1, -0.05) is 72.8 Å². The number of hydrogen-bond acceptors (Lipinski definition) is 2. The molecule has 0 radical (unpaired) electrons. The van der Waals surface area contributed by atoms with Gasteiger partial charge in [0.1, 0.15) is 0 Å². The van der Waals surface area contributed by atoms with Crippen molar-refractivity contribution in [1.29, 1.82) is 0 Å². The maximum atomic E-state index is 12.5. The topological polar surface area (TPSA) is 49.4 Å². The average Bonchev–Trinajstić information content (AvgIpc) is 3.11. The first kappa shape index (κ1) is 22.3. The molecular formula is C26H25ClN2O2. The molecule has 158 valence electrons. The van der Waals surface area contributed by atoms with Crippen molar-refractivity contribution < 1.29 is 9.59 Å². The SMILES string of the molecule is CC(=O)Nc1cc2c(cc1/C=C/c1ccccc1)CC(c1ccccc1)N2C(C)=O.Cl. The minimum atomic E-state index is -0.142. The van der Waals surface area contributed by atoms with E-state index in [2.05, 4.69) is 23.5 Å². The van der Waals surface area contributed by atoms with Crippen molar-refractivity contribution in [1.82, 2.24) is 0 Å². The van der Waals surface area contributed by atoms with E-state index in [1.54, 1.807) is 6.92 Å². The zero-order valence-electron chi connectivity index (χ0n) is 17.5. The van der Waals surface area contributed by atoms with Crippen LogP contribution in [0.3, 0.4) is 0 Å². The monoisotopic (exact) mass is 432 g/mol. The van der Waals surface area contributed by atoms with Crippen LogP contribution in [-0.4, -0.2) is 11.8 Å². The molecule has 0 fully saturated rings. The molecule has 3 aromatic carbocycles. The second kappa shape index (κ2) is 9.63. The smallest absolute Gasteiger partial charge is 0.224 e. The lowest BCUT2D eigenvalue weighted by atomic mass is 10.0. The van der Waals surface area contributed by atoms with Gasteiger partial charge in [-0.05, 0) is 40.8 Å². The highest BCUT2D eigenvalue weighted by atomic mass is 35.5. The minimum absolute atomic E-state index is 0. The summed E-state index contributed by atoms with van der Waals surface area (Å²) in [5.41, 5.74) is 5.77. The van der Waals surface area contributed by atoms with E-state index in [0.717, 1.165) is 34.4 Å². The number of halogens is 1. The van der Waals surface area contributed by atoms with Gasteiger partial charge in [-0.25, -0.2) is 0 Å². The lowest BCUT2D eigenvalue weighted by Gasteiger charge is -2.25. The van der Waals surface area contributed by atoms with E-state index in [0.29, 0.717) is 5.69 Å². The van der Waals surface area contributed by atoms with Crippen LogP contribution >= 0.6 is 12.4 Å². The molecule has 1 N–H and O–H groups in total. The molecule has 4 rings (SSSR count). The Morgan fingerprint density at radius 1 is 0.935 bits per heavy atom. The number of hydrogen-bond donors (Lipinski definition) is 1. The summed E-state index contributed by atoms with van der Waals surface area (Å²) in [6.45, 7) is 3.08. The van der Waals surface area contributed by atoms with Gasteiger partial charge in [0.05, 0.1) is 11.7 Å². The van der Waals surface area contributed by atoms with Crippen LogP contribution in [0.15, 0.2) is 72.8 Å². The standard InChI is InChI=1S/C26H24N2O2.ClH/c1-18(29)27-24-17-26-23(15-22(24)14-13-20-9-5-3-6-10-20)16-25(28(26)19(2)30)21-11-7-4-8-12-21;/h3-15,17,25H,16H2,1-2H3,(H,27,29);1H/b14-13+;. The molecule has 0 spiro atoms. The number of nitrogens with zero attached hydrogens (tertiary/aromatic N) is 1. The third-order valence-corrected chi connectivity index (χ3v) is 5.32. The van der Waals surface area contributed by atoms with Crippen molar-refractivity contribution in [3.05, 3.63) is 95.1 Å². The van der Waals surface area contributed by atoms with Crippen molar-refractivity contribution in [2.75, 3.05) is 10.2 Å². The normalized spacial score (nSPS) is 14.8. The maximum absolute atomic E-state index is 12.5. The summed E-state index contributed by atoms with van der Waals surface area (Å²) in [5, 5.41) is 2.93. The molecule has 0 aliphatic carbocycles. The van der Waals surface area contributed by atoms with Crippen molar-refractivity contribution in [3.63, 3.8) is 0 Å². The Balaban J connectivity index is 0.00000272. The van der Waals surface area contributed by atoms with Crippen molar-refractivity contribution >= 4 is 47.7 Å². The molecule has 0 saturated carbocycles.